The summed E-state index contributed by atoms with van der Waals surface area (Å²) in [7, 11) is 0. The standard InChI is InChI=1S/C14H24N2O4/c1-13(2)8-10(4-7-20-13)15-12(19)16-14(5-3-6-14)9-11(17)18/h10H,3-9H2,1-2H3,(H,17,18)(H2,15,16,19). The van der Waals surface area contributed by atoms with Gasteiger partial charge in [0.25, 0.3) is 0 Å². The van der Waals surface area contributed by atoms with E-state index in [4.69, 9.17) is 9.84 Å². The van der Waals surface area contributed by atoms with Crippen LogP contribution in [-0.4, -0.2) is 40.9 Å². The number of amides is 2. The van der Waals surface area contributed by atoms with Gasteiger partial charge in [-0.3, -0.25) is 4.79 Å². The van der Waals surface area contributed by atoms with Crippen LogP contribution in [0.5, 0.6) is 0 Å². The average Bonchev–Trinajstić information content (AvgIpc) is 2.23. The van der Waals surface area contributed by atoms with Gasteiger partial charge in [-0.2, -0.15) is 0 Å². The number of hydrogen-bond acceptors (Lipinski definition) is 3. The van der Waals surface area contributed by atoms with Gasteiger partial charge in [0.05, 0.1) is 17.6 Å². The zero-order chi connectivity index (χ0) is 14.8. The summed E-state index contributed by atoms with van der Waals surface area (Å²) in [6, 6.07) is -0.172. The van der Waals surface area contributed by atoms with Crippen molar-refractivity contribution < 1.29 is 19.4 Å². The second-order valence-corrected chi connectivity index (χ2v) is 6.60. The summed E-state index contributed by atoms with van der Waals surface area (Å²) in [5, 5.41) is 14.7. The molecule has 0 aromatic rings. The lowest BCUT2D eigenvalue weighted by Gasteiger charge is -2.42. The van der Waals surface area contributed by atoms with Crippen molar-refractivity contribution in [1.29, 1.82) is 0 Å². The van der Waals surface area contributed by atoms with Gasteiger partial charge in [0, 0.05) is 12.6 Å². The Morgan fingerprint density at radius 2 is 2.05 bits per heavy atom. The van der Waals surface area contributed by atoms with E-state index in [9.17, 15) is 9.59 Å². The highest BCUT2D eigenvalue weighted by molar-refractivity contribution is 5.77. The molecule has 0 aromatic heterocycles. The fourth-order valence-electron chi connectivity index (χ4n) is 3.06. The molecule has 1 heterocycles. The van der Waals surface area contributed by atoms with Crippen LogP contribution < -0.4 is 10.6 Å². The topological polar surface area (TPSA) is 87.7 Å². The number of carboxylic acid groups (broad SMARTS) is 1. The van der Waals surface area contributed by atoms with E-state index in [2.05, 4.69) is 10.6 Å². The van der Waals surface area contributed by atoms with Crippen LogP contribution in [0.3, 0.4) is 0 Å². The second-order valence-electron chi connectivity index (χ2n) is 6.60. The molecule has 0 aromatic carbocycles. The molecular formula is C14H24N2O4. The first-order valence-corrected chi connectivity index (χ1v) is 7.25. The third-order valence-corrected chi connectivity index (χ3v) is 4.21. The summed E-state index contributed by atoms with van der Waals surface area (Å²) in [5.41, 5.74) is -0.762. The van der Waals surface area contributed by atoms with Gasteiger partial charge in [-0.05, 0) is 46.0 Å². The van der Waals surface area contributed by atoms with Crippen molar-refractivity contribution in [3.05, 3.63) is 0 Å². The molecule has 0 radical (unpaired) electrons. The molecule has 2 amide bonds. The van der Waals surface area contributed by atoms with E-state index in [0.29, 0.717) is 6.61 Å². The van der Waals surface area contributed by atoms with Crippen LogP contribution in [0.15, 0.2) is 0 Å². The molecule has 1 aliphatic carbocycles. The van der Waals surface area contributed by atoms with Crippen molar-refractivity contribution in [2.45, 2.75) is 69.6 Å². The Labute approximate surface area is 119 Å². The lowest BCUT2D eigenvalue weighted by Crippen LogP contribution is -2.59. The minimum absolute atomic E-state index is 0.000307. The van der Waals surface area contributed by atoms with Gasteiger partial charge >= 0.3 is 12.0 Å². The zero-order valence-corrected chi connectivity index (χ0v) is 12.2. The molecule has 0 bridgehead atoms. The smallest absolute Gasteiger partial charge is 0.315 e. The van der Waals surface area contributed by atoms with Crippen LogP contribution in [0.2, 0.25) is 0 Å². The molecule has 6 nitrogen and oxygen atoms in total. The van der Waals surface area contributed by atoms with Crippen molar-refractivity contribution >= 4 is 12.0 Å². The molecule has 114 valence electrons. The summed E-state index contributed by atoms with van der Waals surface area (Å²) in [5.74, 6) is -0.864. The first-order chi connectivity index (χ1) is 9.30. The summed E-state index contributed by atoms with van der Waals surface area (Å²) < 4.78 is 5.61. The Kier molecular flexibility index (Phi) is 4.22. The summed E-state index contributed by atoms with van der Waals surface area (Å²) in [4.78, 5) is 22.9. The van der Waals surface area contributed by atoms with E-state index in [-0.39, 0.29) is 24.1 Å². The SMILES string of the molecule is CC1(C)CC(NC(=O)NC2(CC(=O)O)CCC2)CCO1. The molecular weight excluding hydrogens is 260 g/mol. The molecule has 3 N–H and O–H groups in total. The lowest BCUT2D eigenvalue weighted by atomic mass is 9.74. The molecule has 2 fully saturated rings. The summed E-state index contributed by atoms with van der Waals surface area (Å²) in [6.45, 7) is 4.66. The summed E-state index contributed by atoms with van der Waals surface area (Å²) in [6.07, 6.45) is 4.02. The molecule has 2 rings (SSSR count). The van der Waals surface area contributed by atoms with Crippen molar-refractivity contribution in [3.8, 4) is 0 Å². The largest absolute Gasteiger partial charge is 0.481 e. The van der Waals surface area contributed by atoms with Crippen molar-refractivity contribution in [1.82, 2.24) is 10.6 Å². The maximum absolute atomic E-state index is 12.1. The molecule has 1 atom stereocenters. The molecule has 1 aliphatic heterocycles. The quantitative estimate of drug-likeness (QED) is 0.732. The molecule has 1 saturated carbocycles. The fraction of sp³-hybridized carbons (Fsp3) is 0.857. The molecule has 0 spiro atoms. The third-order valence-electron chi connectivity index (χ3n) is 4.21. The number of hydrogen-bond donors (Lipinski definition) is 3. The Balaban J connectivity index is 1.84. The highest BCUT2D eigenvalue weighted by Gasteiger charge is 2.41. The van der Waals surface area contributed by atoms with Crippen LogP contribution >= 0.6 is 0 Å². The zero-order valence-electron chi connectivity index (χ0n) is 12.2. The molecule has 1 saturated heterocycles. The number of carbonyl (C=O) groups excluding carboxylic acids is 1. The molecule has 2 aliphatic rings. The predicted molar refractivity (Wildman–Crippen MR) is 73.6 cm³/mol. The number of ether oxygens (including phenoxy) is 1. The van der Waals surface area contributed by atoms with E-state index in [0.717, 1.165) is 32.1 Å². The van der Waals surface area contributed by atoms with Gasteiger partial charge in [-0.1, -0.05) is 0 Å². The van der Waals surface area contributed by atoms with Gasteiger partial charge in [0.15, 0.2) is 0 Å². The highest BCUT2D eigenvalue weighted by Crippen LogP contribution is 2.35. The minimum Gasteiger partial charge on any atom is -0.481 e. The maximum atomic E-state index is 12.1. The van der Waals surface area contributed by atoms with E-state index >= 15 is 0 Å². The van der Waals surface area contributed by atoms with Crippen LogP contribution in [-0.2, 0) is 9.53 Å². The number of nitrogens with one attached hydrogen (secondary N) is 2. The van der Waals surface area contributed by atoms with Crippen molar-refractivity contribution in [2.75, 3.05) is 6.61 Å². The highest BCUT2D eigenvalue weighted by atomic mass is 16.5. The first-order valence-electron chi connectivity index (χ1n) is 7.25. The van der Waals surface area contributed by atoms with Gasteiger partial charge in [0.2, 0.25) is 0 Å². The Bertz CT molecular complexity index is 391. The van der Waals surface area contributed by atoms with Crippen LogP contribution in [0.4, 0.5) is 4.79 Å². The van der Waals surface area contributed by atoms with Crippen LogP contribution in [0.25, 0.3) is 0 Å². The van der Waals surface area contributed by atoms with Gasteiger partial charge in [0.1, 0.15) is 0 Å². The van der Waals surface area contributed by atoms with E-state index in [1.807, 2.05) is 13.8 Å². The Morgan fingerprint density at radius 3 is 2.55 bits per heavy atom. The number of aliphatic carboxylic acids is 1. The number of carbonyl (C=O) groups is 2. The second kappa shape index (κ2) is 5.60. The van der Waals surface area contributed by atoms with Crippen molar-refractivity contribution in [3.63, 3.8) is 0 Å². The van der Waals surface area contributed by atoms with Crippen LogP contribution in [0, 0.1) is 0 Å². The first kappa shape index (κ1) is 15.1. The monoisotopic (exact) mass is 284 g/mol. The van der Waals surface area contributed by atoms with Crippen molar-refractivity contribution in [2.24, 2.45) is 0 Å². The van der Waals surface area contributed by atoms with Crippen LogP contribution in [0.1, 0.15) is 52.4 Å². The molecule has 20 heavy (non-hydrogen) atoms. The fourth-order valence-corrected chi connectivity index (χ4v) is 3.06. The number of carboxylic acids is 1. The van der Waals surface area contributed by atoms with Gasteiger partial charge in [-0.25, -0.2) is 4.79 Å². The number of urea groups is 1. The minimum atomic E-state index is -0.864. The van der Waals surface area contributed by atoms with E-state index in [1.165, 1.54) is 0 Å². The van der Waals surface area contributed by atoms with E-state index < -0.39 is 11.5 Å². The molecule has 6 heteroatoms. The number of rotatable bonds is 4. The van der Waals surface area contributed by atoms with Gasteiger partial charge < -0.3 is 20.5 Å². The molecule has 1 unspecified atom stereocenters. The Morgan fingerprint density at radius 1 is 1.35 bits per heavy atom. The van der Waals surface area contributed by atoms with Gasteiger partial charge in [-0.15, -0.1) is 0 Å². The summed E-state index contributed by atoms with van der Waals surface area (Å²) >= 11 is 0. The third kappa shape index (κ3) is 3.85. The Hall–Kier alpha value is -1.30. The maximum Gasteiger partial charge on any atom is 0.315 e. The lowest BCUT2D eigenvalue weighted by molar-refractivity contribution is -0.139. The average molecular weight is 284 g/mol. The normalized spacial score (nSPS) is 27.2. The van der Waals surface area contributed by atoms with E-state index in [1.54, 1.807) is 0 Å². The predicted octanol–water partition coefficient (Wildman–Crippen LogP) is 1.64.